The molecule has 0 spiro atoms. The number of thioether (sulfide) groups is 1. The summed E-state index contributed by atoms with van der Waals surface area (Å²) in [6.07, 6.45) is 4.36. The van der Waals surface area contributed by atoms with Gasteiger partial charge in [-0.2, -0.15) is 0 Å². The van der Waals surface area contributed by atoms with Crippen LogP contribution in [-0.4, -0.2) is 31.2 Å². The van der Waals surface area contributed by atoms with E-state index < -0.39 is 0 Å². The highest BCUT2D eigenvalue weighted by molar-refractivity contribution is 7.98. The molecule has 1 saturated carbocycles. The van der Waals surface area contributed by atoms with Gasteiger partial charge in [-0.3, -0.25) is 0 Å². The van der Waals surface area contributed by atoms with Gasteiger partial charge in [0.05, 0.1) is 13.2 Å². The number of rotatable bonds is 4. The Labute approximate surface area is 106 Å². The van der Waals surface area contributed by atoms with Gasteiger partial charge in [-0.25, -0.2) is 0 Å². The molecule has 1 aromatic rings. The van der Waals surface area contributed by atoms with Gasteiger partial charge >= 0.3 is 0 Å². The maximum absolute atomic E-state index is 9.66. The molecule has 2 nitrogen and oxygen atoms in total. The third-order valence-corrected chi connectivity index (χ3v) is 5.25. The Kier molecular flexibility index (Phi) is 2.73. The summed E-state index contributed by atoms with van der Waals surface area (Å²) in [6.45, 7) is 1.83. The summed E-state index contributed by atoms with van der Waals surface area (Å²) < 4.78 is 5.46. The first-order chi connectivity index (χ1) is 8.26. The van der Waals surface area contributed by atoms with Crippen molar-refractivity contribution in [2.45, 2.75) is 23.2 Å². The summed E-state index contributed by atoms with van der Waals surface area (Å²) in [5.41, 5.74) is 1.53. The van der Waals surface area contributed by atoms with E-state index in [2.05, 4.69) is 30.5 Å². The molecule has 1 aliphatic heterocycles. The van der Waals surface area contributed by atoms with Crippen molar-refractivity contribution in [2.75, 3.05) is 26.1 Å². The molecule has 2 aliphatic rings. The summed E-state index contributed by atoms with van der Waals surface area (Å²) >= 11 is 1.76. The van der Waals surface area contributed by atoms with Crippen molar-refractivity contribution in [2.24, 2.45) is 5.41 Å². The van der Waals surface area contributed by atoms with Crippen LogP contribution < -0.4 is 0 Å². The molecule has 0 radical (unpaired) electrons. The normalized spacial score (nSPS) is 24.1. The van der Waals surface area contributed by atoms with Crippen molar-refractivity contribution in [3.8, 4) is 0 Å². The quantitative estimate of drug-likeness (QED) is 0.832. The molecule has 17 heavy (non-hydrogen) atoms. The molecule has 0 unspecified atom stereocenters. The number of hydrogen-bond donors (Lipinski definition) is 1. The zero-order chi connectivity index (χ0) is 11.9. The first kappa shape index (κ1) is 11.6. The highest BCUT2D eigenvalue weighted by atomic mass is 32.2. The molecule has 0 bridgehead atoms. The summed E-state index contributed by atoms with van der Waals surface area (Å²) in [5.74, 6) is 0. The van der Waals surface area contributed by atoms with E-state index in [0.29, 0.717) is 6.61 Å². The molecule has 3 heteroatoms. The molecule has 1 aliphatic carbocycles. The summed E-state index contributed by atoms with van der Waals surface area (Å²) in [6, 6.07) is 8.77. The average molecular weight is 250 g/mol. The first-order valence-electron chi connectivity index (χ1n) is 6.10. The van der Waals surface area contributed by atoms with Gasteiger partial charge in [-0.1, -0.05) is 12.1 Å². The van der Waals surface area contributed by atoms with Crippen LogP contribution in [0.1, 0.15) is 18.4 Å². The minimum atomic E-state index is 0.0820. The van der Waals surface area contributed by atoms with Gasteiger partial charge < -0.3 is 9.84 Å². The second-order valence-electron chi connectivity index (χ2n) is 5.24. The Morgan fingerprint density at radius 1 is 1.24 bits per heavy atom. The minimum Gasteiger partial charge on any atom is -0.396 e. The van der Waals surface area contributed by atoms with Crippen molar-refractivity contribution >= 4 is 11.8 Å². The lowest BCUT2D eigenvalue weighted by molar-refractivity contribution is -0.110. The lowest BCUT2D eigenvalue weighted by Crippen LogP contribution is -2.54. The molecule has 0 aromatic heterocycles. The Morgan fingerprint density at radius 3 is 2.24 bits per heavy atom. The lowest BCUT2D eigenvalue weighted by atomic mass is 9.66. The van der Waals surface area contributed by atoms with Crippen molar-refractivity contribution in [1.82, 2.24) is 0 Å². The van der Waals surface area contributed by atoms with Crippen molar-refractivity contribution in [1.29, 1.82) is 0 Å². The number of aliphatic hydroxyl groups is 1. The van der Waals surface area contributed by atoms with Gasteiger partial charge in [0.15, 0.2) is 0 Å². The molecule has 0 amide bonds. The zero-order valence-electron chi connectivity index (χ0n) is 10.1. The topological polar surface area (TPSA) is 29.5 Å². The minimum absolute atomic E-state index is 0.0820. The predicted molar refractivity (Wildman–Crippen MR) is 69.5 cm³/mol. The van der Waals surface area contributed by atoms with Crippen LogP contribution in [0.2, 0.25) is 0 Å². The number of aliphatic hydroxyl groups excluding tert-OH is 1. The average Bonchev–Trinajstić information content (AvgIpc) is 3.10. The van der Waals surface area contributed by atoms with Crippen LogP contribution in [0.4, 0.5) is 0 Å². The summed E-state index contributed by atoms with van der Waals surface area (Å²) in [5, 5.41) is 9.66. The van der Waals surface area contributed by atoms with E-state index in [1.54, 1.807) is 11.8 Å². The van der Waals surface area contributed by atoms with E-state index in [1.165, 1.54) is 10.5 Å². The van der Waals surface area contributed by atoms with E-state index in [4.69, 9.17) is 4.74 Å². The van der Waals surface area contributed by atoms with Gasteiger partial charge in [-0.15, -0.1) is 11.8 Å². The van der Waals surface area contributed by atoms with Crippen LogP contribution in [0.25, 0.3) is 0 Å². The van der Waals surface area contributed by atoms with E-state index in [-0.39, 0.29) is 10.8 Å². The number of benzene rings is 1. The smallest absolute Gasteiger partial charge is 0.0591 e. The SMILES string of the molecule is CSc1ccc(C2(C3(CO)CC3)COC2)cc1. The van der Waals surface area contributed by atoms with Gasteiger partial charge in [0.1, 0.15) is 0 Å². The van der Waals surface area contributed by atoms with Crippen molar-refractivity contribution in [3.63, 3.8) is 0 Å². The number of ether oxygens (including phenoxy) is 1. The largest absolute Gasteiger partial charge is 0.396 e. The predicted octanol–water partition coefficient (Wildman–Crippen LogP) is 2.45. The van der Waals surface area contributed by atoms with E-state index in [0.717, 1.165) is 26.1 Å². The summed E-state index contributed by atoms with van der Waals surface area (Å²) in [7, 11) is 0. The van der Waals surface area contributed by atoms with Crippen LogP contribution in [0, 0.1) is 5.41 Å². The summed E-state index contributed by atoms with van der Waals surface area (Å²) in [4.78, 5) is 1.29. The van der Waals surface area contributed by atoms with Crippen LogP contribution in [0.15, 0.2) is 29.2 Å². The molecule has 1 saturated heterocycles. The molecule has 0 atom stereocenters. The van der Waals surface area contributed by atoms with Crippen molar-refractivity contribution in [3.05, 3.63) is 29.8 Å². The van der Waals surface area contributed by atoms with Gasteiger partial charge in [-0.05, 0) is 36.8 Å². The maximum Gasteiger partial charge on any atom is 0.0591 e. The van der Waals surface area contributed by atoms with E-state index in [9.17, 15) is 5.11 Å². The molecular formula is C14H18O2S. The van der Waals surface area contributed by atoms with Crippen molar-refractivity contribution < 1.29 is 9.84 Å². The van der Waals surface area contributed by atoms with Crippen LogP contribution in [-0.2, 0) is 10.2 Å². The Bertz CT molecular complexity index is 405. The van der Waals surface area contributed by atoms with Gasteiger partial charge in [0, 0.05) is 22.3 Å². The standard InChI is InChI=1S/C14H18O2S/c1-17-12-4-2-11(3-5-12)14(9-16-10-14)13(8-15)6-7-13/h2-5,15H,6-10H2,1H3. The third-order valence-electron chi connectivity index (χ3n) is 4.51. The highest BCUT2D eigenvalue weighted by Gasteiger charge is 2.63. The Morgan fingerprint density at radius 2 is 1.88 bits per heavy atom. The third kappa shape index (κ3) is 1.56. The monoisotopic (exact) mass is 250 g/mol. The maximum atomic E-state index is 9.66. The molecule has 92 valence electrons. The molecule has 1 N–H and O–H groups in total. The van der Waals surface area contributed by atoms with E-state index >= 15 is 0 Å². The second kappa shape index (κ2) is 4.01. The molecule has 1 heterocycles. The Balaban J connectivity index is 1.94. The molecule has 3 rings (SSSR count). The molecular weight excluding hydrogens is 232 g/mol. The van der Waals surface area contributed by atoms with E-state index in [1.807, 2.05) is 0 Å². The van der Waals surface area contributed by atoms with Crippen LogP contribution >= 0.6 is 11.8 Å². The van der Waals surface area contributed by atoms with Gasteiger partial charge in [0.25, 0.3) is 0 Å². The fraction of sp³-hybridized carbons (Fsp3) is 0.571. The fourth-order valence-electron chi connectivity index (χ4n) is 2.93. The molecule has 1 aromatic carbocycles. The van der Waals surface area contributed by atoms with Crippen LogP contribution in [0.3, 0.4) is 0 Å². The second-order valence-corrected chi connectivity index (χ2v) is 6.12. The molecule has 2 fully saturated rings. The zero-order valence-corrected chi connectivity index (χ0v) is 10.9. The van der Waals surface area contributed by atoms with Gasteiger partial charge in [0.2, 0.25) is 0 Å². The van der Waals surface area contributed by atoms with Crippen LogP contribution in [0.5, 0.6) is 0 Å². The highest BCUT2D eigenvalue weighted by Crippen LogP contribution is 2.62. The lowest BCUT2D eigenvalue weighted by Gasteiger charge is -2.48. The Hall–Kier alpha value is -0.510. The fourth-order valence-corrected chi connectivity index (χ4v) is 3.34. The number of hydrogen-bond acceptors (Lipinski definition) is 3. The first-order valence-corrected chi connectivity index (χ1v) is 7.32.